The number of rotatable bonds is 5. The predicted octanol–water partition coefficient (Wildman–Crippen LogP) is 2.30. The minimum Gasteiger partial charge on any atom is -0.349 e. The fourth-order valence-electron chi connectivity index (χ4n) is 3.33. The molecule has 0 unspecified atom stereocenters. The van der Waals surface area contributed by atoms with Crippen LogP contribution in [-0.2, 0) is 9.59 Å². The third-order valence-corrected chi connectivity index (χ3v) is 6.18. The van der Waals surface area contributed by atoms with Gasteiger partial charge < -0.3 is 9.80 Å². The van der Waals surface area contributed by atoms with Gasteiger partial charge in [-0.3, -0.25) is 14.2 Å². The molecule has 1 aromatic heterocycles. The van der Waals surface area contributed by atoms with Crippen molar-refractivity contribution >= 4 is 23.6 Å². The molecule has 0 spiro atoms. The monoisotopic (exact) mass is 401 g/mol. The lowest BCUT2D eigenvalue weighted by Crippen LogP contribution is -2.43. The molecule has 2 aromatic rings. The van der Waals surface area contributed by atoms with E-state index >= 15 is 0 Å². The van der Waals surface area contributed by atoms with E-state index < -0.39 is 0 Å². The molecule has 0 saturated carbocycles. The molecule has 0 bridgehead atoms. The van der Waals surface area contributed by atoms with E-state index in [1.807, 2.05) is 15.5 Å². The second-order valence-electron chi connectivity index (χ2n) is 7.43. The Bertz CT molecular complexity index is 856. The van der Waals surface area contributed by atoms with Crippen molar-refractivity contribution in [2.75, 3.05) is 32.9 Å². The first-order chi connectivity index (χ1) is 13.4. The summed E-state index contributed by atoms with van der Waals surface area (Å²) < 4.78 is 1.91. The number of thioether (sulfide) groups is 1. The quantitative estimate of drug-likeness (QED) is 0.719. The SMILES string of the molecule is Cc1ccc(-n2cnnc2SCC(=O)N2CCC(C(=O)N(C)C)CC2)cc1C. The number of aryl methyl sites for hydroxylation is 2. The number of piperidine rings is 1. The predicted molar refractivity (Wildman–Crippen MR) is 110 cm³/mol. The molecule has 28 heavy (non-hydrogen) atoms. The Morgan fingerprint density at radius 2 is 1.89 bits per heavy atom. The van der Waals surface area contributed by atoms with Crippen molar-refractivity contribution in [1.29, 1.82) is 0 Å². The van der Waals surface area contributed by atoms with Gasteiger partial charge in [-0.25, -0.2) is 0 Å². The highest BCUT2D eigenvalue weighted by atomic mass is 32.2. The first-order valence-electron chi connectivity index (χ1n) is 9.46. The van der Waals surface area contributed by atoms with Gasteiger partial charge in [0.25, 0.3) is 0 Å². The van der Waals surface area contributed by atoms with Crippen LogP contribution in [0, 0.1) is 19.8 Å². The lowest BCUT2D eigenvalue weighted by Gasteiger charge is -2.32. The average molecular weight is 402 g/mol. The van der Waals surface area contributed by atoms with E-state index in [1.54, 1.807) is 25.3 Å². The normalized spacial score (nSPS) is 14.9. The van der Waals surface area contributed by atoms with Crippen LogP contribution in [0.15, 0.2) is 29.7 Å². The van der Waals surface area contributed by atoms with Crippen molar-refractivity contribution in [2.24, 2.45) is 5.92 Å². The van der Waals surface area contributed by atoms with Gasteiger partial charge in [0.15, 0.2) is 5.16 Å². The second-order valence-corrected chi connectivity index (χ2v) is 8.37. The Balaban J connectivity index is 1.57. The summed E-state index contributed by atoms with van der Waals surface area (Å²) in [6, 6.07) is 6.20. The van der Waals surface area contributed by atoms with Crippen LogP contribution >= 0.6 is 11.8 Å². The van der Waals surface area contributed by atoms with E-state index in [2.05, 4.69) is 36.2 Å². The molecule has 150 valence electrons. The molecule has 1 aliphatic rings. The zero-order chi connectivity index (χ0) is 20.3. The van der Waals surface area contributed by atoms with Crippen LogP contribution in [-0.4, -0.2) is 69.3 Å². The fourth-order valence-corrected chi connectivity index (χ4v) is 4.17. The molecule has 8 heteroatoms. The maximum Gasteiger partial charge on any atom is 0.233 e. The van der Waals surface area contributed by atoms with Gasteiger partial charge in [0.05, 0.1) is 5.75 Å². The van der Waals surface area contributed by atoms with Crippen LogP contribution in [0.25, 0.3) is 5.69 Å². The summed E-state index contributed by atoms with van der Waals surface area (Å²) >= 11 is 1.40. The van der Waals surface area contributed by atoms with Gasteiger partial charge in [-0.1, -0.05) is 17.8 Å². The highest BCUT2D eigenvalue weighted by molar-refractivity contribution is 7.99. The molecule has 0 aliphatic carbocycles. The van der Waals surface area contributed by atoms with Crippen molar-refractivity contribution in [2.45, 2.75) is 31.8 Å². The molecule has 7 nitrogen and oxygen atoms in total. The van der Waals surface area contributed by atoms with Gasteiger partial charge in [0, 0.05) is 38.8 Å². The molecular formula is C20H27N5O2S. The smallest absolute Gasteiger partial charge is 0.233 e. The van der Waals surface area contributed by atoms with Crippen LogP contribution in [0.5, 0.6) is 0 Å². The molecule has 0 atom stereocenters. The van der Waals surface area contributed by atoms with Crippen molar-refractivity contribution < 1.29 is 9.59 Å². The van der Waals surface area contributed by atoms with Gasteiger partial charge >= 0.3 is 0 Å². The van der Waals surface area contributed by atoms with E-state index in [0.29, 0.717) is 24.0 Å². The maximum atomic E-state index is 12.6. The van der Waals surface area contributed by atoms with E-state index in [0.717, 1.165) is 18.5 Å². The van der Waals surface area contributed by atoms with Gasteiger partial charge in [0.2, 0.25) is 11.8 Å². The van der Waals surface area contributed by atoms with Crippen molar-refractivity contribution in [1.82, 2.24) is 24.6 Å². The molecule has 1 saturated heterocycles. The highest BCUT2D eigenvalue weighted by Gasteiger charge is 2.28. The van der Waals surface area contributed by atoms with E-state index in [4.69, 9.17) is 0 Å². The molecule has 1 aliphatic heterocycles. The Morgan fingerprint density at radius 3 is 2.54 bits per heavy atom. The first kappa shape index (κ1) is 20.4. The molecule has 1 aromatic carbocycles. The minimum atomic E-state index is 0.0274. The van der Waals surface area contributed by atoms with Crippen molar-refractivity contribution in [3.63, 3.8) is 0 Å². The second kappa shape index (κ2) is 8.77. The van der Waals surface area contributed by atoms with Gasteiger partial charge in [-0.2, -0.15) is 0 Å². The summed E-state index contributed by atoms with van der Waals surface area (Å²) in [4.78, 5) is 28.2. The van der Waals surface area contributed by atoms with Crippen molar-refractivity contribution in [3.05, 3.63) is 35.7 Å². The molecular weight excluding hydrogens is 374 g/mol. The third-order valence-electron chi connectivity index (χ3n) is 5.25. The molecule has 0 radical (unpaired) electrons. The topological polar surface area (TPSA) is 71.3 Å². The van der Waals surface area contributed by atoms with Crippen molar-refractivity contribution in [3.8, 4) is 5.69 Å². The summed E-state index contributed by atoms with van der Waals surface area (Å²) in [6.07, 6.45) is 3.13. The lowest BCUT2D eigenvalue weighted by atomic mass is 9.95. The van der Waals surface area contributed by atoms with Crippen LogP contribution < -0.4 is 0 Å². The van der Waals surface area contributed by atoms with Gasteiger partial charge in [0.1, 0.15) is 6.33 Å². The first-order valence-corrected chi connectivity index (χ1v) is 10.4. The van der Waals surface area contributed by atoms with Crippen LogP contribution in [0.1, 0.15) is 24.0 Å². The fraction of sp³-hybridized carbons (Fsp3) is 0.500. The zero-order valence-corrected chi connectivity index (χ0v) is 17.7. The maximum absolute atomic E-state index is 12.6. The zero-order valence-electron chi connectivity index (χ0n) is 16.9. The van der Waals surface area contributed by atoms with E-state index in [1.165, 1.54) is 22.9 Å². The highest BCUT2D eigenvalue weighted by Crippen LogP contribution is 2.23. The number of benzene rings is 1. The van der Waals surface area contributed by atoms with E-state index in [9.17, 15) is 9.59 Å². The lowest BCUT2D eigenvalue weighted by molar-refractivity contribution is -0.138. The van der Waals surface area contributed by atoms with Gasteiger partial charge in [-0.15, -0.1) is 10.2 Å². The Labute approximate surface area is 170 Å². The summed E-state index contributed by atoms with van der Waals surface area (Å²) in [6.45, 7) is 5.42. The number of carbonyl (C=O) groups excluding carboxylic acids is 2. The number of hydrogen-bond donors (Lipinski definition) is 0. The Hall–Kier alpha value is -2.35. The number of carbonyl (C=O) groups is 2. The summed E-state index contributed by atoms with van der Waals surface area (Å²) in [5.41, 5.74) is 3.43. The molecule has 3 rings (SSSR count). The number of hydrogen-bond acceptors (Lipinski definition) is 5. The number of amides is 2. The molecule has 0 N–H and O–H groups in total. The molecule has 2 heterocycles. The number of nitrogens with zero attached hydrogens (tertiary/aromatic N) is 5. The number of likely N-dealkylation sites (tertiary alicyclic amines) is 1. The standard InChI is InChI=1S/C20H27N5O2S/c1-14-5-6-17(11-15(14)2)25-13-21-22-20(25)28-12-18(26)24-9-7-16(8-10-24)19(27)23(3)4/h5-6,11,13,16H,7-10,12H2,1-4H3. The largest absolute Gasteiger partial charge is 0.349 e. The van der Waals surface area contributed by atoms with Crippen LogP contribution in [0.3, 0.4) is 0 Å². The summed E-state index contributed by atoms with van der Waals surface area (Å²) in [5.74, 6) is 0.577. The molecule has 2 amide bonds. The summed E-state index contributed by atoms with van der Waals surface area (Å²) in [5, 5.41) is 8.89. The molecule has 1 fully saturated rings. The van der Waals surface area contributed by atoms with Crippen LogP contribution in [0.2, 0.25) is 0 Å². The number of aromatic nitrogens is 3. The Morgan fingerprint density at radius 1 is 1.18 bits per heavy atom. The Kier molecular flexibility index (Phi) is 6.39. The van der Waals surface area contributed by atoms with Gasteiger partial charge in [-0.05, 0) is 49.9 Å². The average Bonchev–Trinajstić information content (AvgIpc) is 3.16. The van der Waals surface area contributed by atoms with E-state index in [-0.39, 0.29) is 17.7 Å². The summed E-state index contributed by atoms with van der Waals surface area (Å²) in [7, 11) is 3.56. The van der Waals surface area contributed by atoms with Crippen LogP contribution in [0.4, 0.5) is 0 Å². The minimum absolute atomic E-state index is 0.0274. The third kappa shape index (κ3) is 4.55.